The molecule has 0 radical (unpaired) electrons. The fourth-order valence-electron chi connectivity index (χ4n) is 4.85. The lowest BCUT2D eigenvalue weighted by atomic mass is 9.55. The molecule has 0 saturated heterocycles. The molecule has 0 unspecified atom stereocenters. The fraction of sp³-hybridized carbons (Fsp3) is 0.625. The summed E-state index contributed by atoms with van der Waals surface area (Å²) >= 11 is 0. The Hall–Kier alpha value is -1.38. The van der Waals surface area contributed by atoms with E-state index in [0.717, 1.165) is 29.4 Å². The molecule has 3 nitrogen and oxygen atoms in total. The monoisotopic (exact) mass is 258 g/mol. The maximum absolute atomic E-state index is 6.29. The highest BCUT2D eigenvalue weighted by Gasteiger charge is 2.49. The minimum Gasteiger partial charge on any atom is -0.490 e. The molecule has 4 N–H and O–H groups in total. The zero-order valence-corrected chi connectivity index (χ0v) is 11.2. The Morgan fingerprint density at radius 2 is 1.47 bits per heavy atom. The van der Waals surface area contributed by atoms with Crippen LogP contribution in [0.2, 0.25) is 0 Å². The Kier molecular flexibility index (Phi) is 2.44. The minimum atomic E-state index is 0.413. The van der Waals surface area contributed by atoms with Crippen LogP contribution in [-0.4, -0.2) is 6.10 Å². The highest BCUT2D eigenvalue weighted by molar-refractivity contribution is 5.65. The van der Waals surface area contributed by atoms with Crippen molar-refractivity contribution in [1.82, 2.24) is 0 Å². The van der Waals surface area contributed by atoms with Gasteiger partial charge in [-0.3, -0.25) is 0 Å². The molecule has 0 amide bonds. The number of hydrogen-bond donors (Lipinski definition) is 2. The van der Waals surface area contributed by atoms with Crippen LogP contribution in [0, 0.1) is 23.7 Å². The minimum absolute atomic E-state index is 0.413. The van der Waals surface area contributed by atoms with E-state index in [4.69, 9.17) is 16.2 Å². The topological polar surface area (TPSA) is 61.3 Å². The zero-order chi connectivity index (χ0) is 13.0. The fourth-order valence-corrected chi connectivity index (χ4v) is 4.85. The summed E-state index contributed by atoms with van der Waals surface area (Å²) in [6, 6.07) is 5.68. The van der Waals surface area contributed by atoms with E-state index in [1.165, 1.54) is 32.1 Å². The van der Waals surface area contributed by atoms with Crippen molar-refractivity contribution in [2.24, 2.45) is 23.7 Å². The second-order valence-electron chi connectivity index (χ2n) is 6.80. The molecule has 0 aliphatic heterocycles. The predicted octanol–water partition coefficient (Wildman–Crippen LogP) is 3.05. The van der Waals surface area contributed by atoms with Gasteiger partial charge in [-0.05, 0) is 67.9 Å². The third kappa shape index (κ3) is 1.87. The first kappa shape index (κ1) is 11.4. The Bertz CT molecular complexity index is 472. The van der Waals surface area contributed by atoms with Crippen LogP contribution in [0.15, 0.2) is 18.2 Å². The molecule has 0 heterocycles. The number of benzene rings is 1. The average molecular weight is 258 g/mol. The van der Waals surface area contributed by atoms with Gasteiger partial charge in [0.2, 0.25) is 0 Å². The van der Waals surface area contributed by atoms with Crippen molar-refractivity contribution in [3.63, 3.8) is 0 Å². The van der Waals surface area contributed by atoms with Crippen molar-refractivity contribution in [3.05, 3.63) is 18.2 Å². The van der Waals surface area contributed by atoms with E-state index in [1.807, 2.05) is 18.2 Å². The van der Waals surface area contributed by atoms with Gasteiger partial charge in [0.15, 0.2) is 0 Å². The van der Waals surface area contributed by atoms with Crippen LogP contribution in [0.4, 0.5) is 11.4 Å². The molecule has 0 aromatic heterocycles. The van der Waals surface area contributed by atoms with Gasteiger partial charge in [-0.25, -0.2) is 0 Å². The molecule has 4 saturated carbocycles. The second-order valence-corrected chi connectivity index (χ2v) is 6.80. The van der Waals surface area contributed by atoms with E-state index < -0.39 is 0 Å². The molecule has 4 bridgehead atoms. The molecule has 102 valence electrons. The summed E-state index contributed by atoms with van der Waals surface area (Å²) in [7, 11) is 0. The van der Waals surface area contributed by atoms with Gasteiger partial charge >= 0.3 is 0 Å². The van der Waals surface area contributed by atoms with Gasteiger partial charge in [0.1, 0.15) is 11.9 Å². The Morgan fingerprint density at radius 1 is 0.842 bits per heavy atom. The maximum atomic E-state index is 6.29. The van der Waals surface area contributed by atoms with Gasteiger partial charge in [-0.1, -0.05) is 0 Å². The van der Waals surface area contributed by atoms with Crippen LogP contribution in [0.25, 0.3) is 0 Å². The van der Waals surface area contributed by atoms with E-state index in [2.05, 4.69) is 0 Å². The van der Waals surface area contributed by atoms with E-state index in [-0.39, 0.29) is 0 Å². The van der Waals surface area contributed by atoms with Crippen LogP contribution in [-0.2, 0) is 0 Å². The SMILES string of the molecule is Nc1ccc(OC2C3CC4CC(C3)CC2C4)cc1N. The summed E-state index contributed by atoms with van der Waals surface area (Å²) in [5.41, 5.74) is 12.9. The van der Waals surface area contributed by atoms with Crippen molar-refractivity contribution < 1.29 is 4.74 Å². The van der Waals surface area contributed by atoms with E-state index in [9.17, 15) is 0 Å². The van der Waals surface area contributed by atoms with Crippen molar-refractivity contribution >= 4 is 11.4 Å². The van der Waals surface area contributed by atoms with Crippen molar-refractivity contribution in [3.8, 4) is 5.75 Å². The maximum Gasteiger partial charge on any atom is 0.121 e. The van der Waals surface area contributed by atoms with E-state index in [0.29, 0.717) is 17.5 Å². The smallest absolute Gasteiger partial charge is 0.121 e. The molecule has 5 rings (SSSR count). The third-order valence-electron chi connectivity index (χ3n) is 5.47. The standard InChI is InChI=1S/C16H22N2O/c17-14-2-1-13(8-15(14)18)19-16-11-4-9-3-10(6-11)7-12(16)5-9/h1-2,8-12,16H,3-7,17-18H2. The van der Waals surface area contributed by atoms with Gasteiger partial charge < -0.3 is 16.2 Å². The largest absolute Gasteiger partial charge is 0.490 e. The van der Waals surface area contributed by atoms with Gasteiger partial charge in [0.25, 0.3) is 0 Å². The van der Waals surface area contributed by atoms with Gasteiger partial charge in [-0.15, -0.1) is 0 Å². The first-order valence-electron chi connectivity index (χ1n) is 7.50. The number of nitrogens with two attached hydrogens (primary N) is 2. The summed E-state index contributed by atoms with van der Waals surface area (Å²) in [6.07, 6.45) is 7.40. The van der Waals surface area contributed by atoms with Crippen LogP contribution in [0.3, 0.4) is 0 Å². The Balaban J connectivity index is 1.55. The number of anilines is 2. The van der Waals surface area contributed by atoms with E-state index in [1.54, 1.807) is 0 Å². The lowest BCUT2D eigenvalue weighted by molar-refractivity contribution is -0.0789. The summed E-state index contributed by atoms with van der Waals surface area (Å²) in [6.45, 7) is 0. The number of ether oxygens (including phenoxy) is 1. The van der Waals surface area contributed by atoms with Gasteiger partial charge in [0, 0.05) is 6.07 Å². The summed E-state index contributed by atoms with van der Waals surface area (Å²) in [4.78, 5) is 0. The average Bonchev–Trinajstić information content (AvgIpc) is 2.37. The van der Waals surface area contributed by atoms with Crippen LogP contribution < -0.4 is 16.2 Å². The first-order valence-corrected chi connectivity index (χ1v) is 7.50. The zero-order valence-electron chi connectivity index (χ0n) is 11.2. The quantitative estimate of drug-likeness (QED) is 0.801. The molecule has 0 atom stereocenters. The van der Waals surface area contributed by atoms with Crippen molar-refractivity contribution in [2.45, 2.75) is 38.2 Å². The molecule has 19 heavy (non-hydrogen) atoms. The van der Waals surface area contributed by atoms with Crippen molar-refractivity contribution in [2.75, 3.05) is 11.5 Å². The predicted molar refractivity (Wildman–Crippen MR) is 76.7 cm³/mol. The lowest BCUT2D eigenvalue weighted by Gasteiger charge is -2.53. The Morgan fingerprint density at radius 3 is 2.05 bits per heavy atom. The molecule has 0 spiro atoms. The molecule has 3 heteroatoms. The first-order chi connectivity index (χ1) is 9.19. The lowest BCUT2D eigenvalue weighted by Crippen LogP contribution is -2.50. The van der Waals surface area contributed by atoms with Crippen LogP contribution >= 0.6 is 0 Å². The second kappa shape index (κ2) is 4.06. The summed E-state index contributed by atoms with van der Waals surface area (Å²) in [5, 5.41) is 0. The summed E-state index contributed by atoms with van der Waals surface area (Å²) < 4.78 is 6.29. The van der Waals surface area contributed by atoms with Gasteiger partial charge in [0.05, 0.1) is 11.4 Å². The molecular weight excluding hydrogens is 236 g/mol. The Labute approximate surface area is 114 Å². The molecule has 4 fully saturated rings. The molecule has 4 aliphatic rings. The third-order valence-corrected chi connectivity index (χ3v) is 5.47. The van der Waals surface area contributed by atoms with Crippen LogP contribution in [0.1, 0.15) is 32.1 Å². The molecular formula is C16H22N2O. The van der Waals surface area contributed by atoms with Crippen molar-refractivity contribution in [1.29, 1.82) is 0 Å². The molecule has 4 aliphatic carbocycles. The summed E-state index contributed by atoms with van der Waals surface area (Å²) in [5.74, 6) is 4.41. The van der Waals surface area contributed by atoms with Gasteiger partial charge in [-0.2, -0.15) is 0 Å². The highest BCUT2D eigenvalue weighted by atomic mass is 16.5. The van der Waals surface area contributed by atoms with E-state index >= 15 is 0 Å². The highest BCUT2D eigenvalue weighted by Crippen LogP contribution is 2.54. The molecule has 1 aromatic carbocycles. The van der Waals surface area contributed by atoms with Crippen LogP contribution in [0.5, 0.6) is 5.75 Å². The number of hydrogen-bond acceptors (Lipinski definition) is 3. The molecule has 1 aromatic rings. The normalized spacial score (nSPS) is 39.5. The number of nitrogen functional groups attached to an aromatic ring is 2. The number of rotatable bonds is 2.